The Hall–Kier alpha value is -0.900. The standard InChI is InChI=1S/C18H31N3/c1-15(18(19-2)16-9-6-5-7-10-16)13-21-12-8-11-17(21)14-20(3)4/h5-7,9-10,15,17-19H,8,11-14H2,1-4H3. The van der Waals surface area contributed by atoms with Crippen LogP contribution in [0.5, 0.6) is 0 Å². The van der Waals surface area contributed by atoms with Crippen molar-refractivity contribution in [2.75, 3.05) is 40.8 Å². The lowest BCUT2D eigenvalue weighted by Gasteiger charge is -2.32. The fraction of sp³-hybridized carbons (Fsp3) is 0.667. The molecule has 1 fully saturated rings. The van der Waals surface area contributed by atoms with Crippen molar-refractivity contribution < 1.29 is 0 Å². The van der Waals surface area contributed by atoms with E-state index in [9.17, 15) is 0 Å². The van der Waals surface area contributed by atoms with E-state index in [1.807, 2.05) is 0 Å². The molecule has 118 valence electrons. The summed E-state index contributed by atoms with van der Waals surface area (Å²) in [6.45, 7) is 5.99. The summed E-state index contributed by atoms with van der Waals surface area (Å²) in [6.07, 6.45) is 2.70. The normalized spacial score (nSPS) is 22.6. The first-order chi connectivity index (χ1) is 10.1. The maximum Gasteiger partial charge on any atom is 0.0355 e. The number of nitrogens with zero attached hydrogens (tertiary/aromatic N) is 2. The molecule has 0 aliphatic carbocycles. The van der Waals surface area contributed by atoms with Crippen molar-refractivity contribution in [3.05, 3.63) is 35.9 Å². The lowest BCUT2D eigenvalue weighted by molar-refractivity contribution is 0.171. The van der Waals surface area contributed by atoms with Gasteiger partial charge in [-0.05, 0) is 52.0 Å². The molecule has 0 radical (unpaired) electrons. The van der Waals surface area contributed by atoms with Crippen LogP contribution in [-0.4, -0.2) is 56.6 Å². The van der Waals surface area contributed by atoms with E-state index < -0.39 is 0 Å². The molecular formula is C18H31N3. The van der Waals surface area contributed by atoms with E-state index in [4.69, 9.17) is 0 Å². The minimum Gasteiger partial charge on any atom is -0.313 e. The molecule has 21 heavy (non-hydrogen) atoms. The number of likely N-dealkylation sites (tertiary alicyclic amines) is 1. The second-order valence-electron chi connectivity index (χ2n) is 6.71. The van der Waals surface area contributed by atoms with Gasteiger partial charge in [0.25, 0.3) is 0 Å². The fourth-order valence-electron chi connectivity index (χ4n) is 3.68. The zero-order chi connectivity index (χ0) is 15.2. The van der Waals surface area contributed by atoms with Gasteiger partial charge in [0.05, 0.1) is 0 Å². The molecule has 0 bridgehead atoms. The molecule has 0 spiro atoms. The molecule has 2 rings (SSSR count). The quantitative estimate of drug-likeness (QED) is 0.832. The lowest BCUT2D eigenvalue weighted by atomic mass is 9.94. The smallest absolute Gasteiger partial charge is 0.0355 e. The Kier molecular flexibility index (Phi) is 6.22. The van der Waals surface area contributed by atoms with E-state index in [-0.39, 0.29) is 0 Å². The van der Waals surface area contributed by atoms with Crippen LogP contribution in [0.25, 0.3) is 0 Å². The first-order valence-corrected chi connectivity index (χ1v) is 8.22. The first-order valence-electron chi connectivity index (χ1n) is 8.22. The summed E-state index contributed by atoms with van der Waals surface area (Å²) in [7, 11) is 6.44. The third-order valence-corrected chi connectivity index (χ3v) is 4.64. The molecule has 3 nitrogen and oxygen atoms in total. The molecule has 1 aliphatic rings. The van der Waals surface area contributed by atoms with E-state index in [2.05, 4.69) is 73.5 Å². The van der Waals surface area contributed by atoms with Gasteiger partial charge in [-0.2, -0.15) is 0 Å². The van der Waals surface area contributed by atoms with Gasteiger partial charge in [0.2, 0.25) is 0 Å². The molecule has 0 saturated carbocycles. The highest BCUT2D eigenvalue weighted by Crippen LogP contribution is 2.26. The van der Waals surface area contributed by atoms with E-state index in [0.29, 0.717) is 12.0 Å². The highest BCUT2D eigenvalue weighted by molar-refractivity contribution is 5.19. The Balaban J connectivity index is 1.97. The molecule has 1 heterocycles. The van der Waals surface area contributed by atoms with E-state index in [1.54, 1.807) is 0 Å². The highest BCUT2D eigenvalue weighted by Gasteiger charge is 2.28. The van der Waals surface area contributed by atoms with E-state index >= 15 is 0 Å². The highest BCUT2D eigenvalue weighted by atomic mass is 15.2. The van der Waals surface area contributed by atoms with Crippen molar-refractivity contribution in [2.45, 2.75) is 31.8 Å². The summed E-state index contributed by atoms with van der Waals surface area (Å²) in [5, 5.41) is 3.51. The van der Waals surface area contributed by atoms with E-state index in [0.717, 1.165) is 6.04 Å². The second-order valence-corrected chi connectivity index (χ2v) is 6.71. The van der Waals surface area contributed by atoms with Crippen LogP contribution in [-0.2, 0) is 0 Å². The van der Waals surface area contributed by atoms with Crippen molar-refractivity contribution in [2.24, 2.45) is 5.92 Å². The maximum absolute atomic E-state index is 3.51. The predicted octanol–water partition coefficient (Wildman–Crippen LogP) is 2.61. The zero-order valence-electron chi connectivity index (χ0n) is 14.0. The molecular weight excluding hydrogens is 258 g/mol. The van der Waals surface area contributed by atoms with Crippen LogP contribution < -0.4 is 5.32 Å². The first kappa shape index (κ1) is 16.5. The van der Waals surface area contributed by atoms with Gasteiger partial charge in [-0.25, -0.2) is 0 Å². The van der Waals surface area contributed by atoms with Crippen molar-refractivity contribution in [1.29, 1.82) is 0 Å². The van der Waals surface area contributed by atoms with Crippen LogP contribution >= 0.6 is 0 Å². The molecule has 3 atom stereocenters. The van der Waals surface area contributed by atoms with Crippen LogP contribution in [0, 0.1) is 5.92 Å². The Bertz CT molecular complexity index is 404. The number of hydrogen-bond donors (Lipinski definition) is 1. The van der Waals surface area contributed by atoms with Gasteiger partial charge in [0.1, 0.15) is 0 Å². The maximum atomic E-state index is 3.51. The minimum absolute atomic E-state index is 0.437. The average molecular weight is 289 g/mol. The van der Waals surface area contributed by atoms with Crippen LogP contribution in [0.2, 0.25) is 0 Å². The van der Waals surface area contributed by atoms with Crippen LogP contribution in [0.15, 0.2) is 30.3 Å². The van der Waals surface area contributed by atoms with Gasteiger partial charge in [0.15, 0.2) is 0 Å². The monoisotopic (exact) mass is 289 g/mol. The van der Waals surface area contributed by atoms with Crippen molar-refractivity contribution >= 4 is 0 Å². The van der Waals surface area contributed by atoms with Crippen LogP contribution in [0.3, 0.4) is 0 Å². The Morgan fingerprint density at radius 2 is 2.00 bits per heavy atom. The van der Waals surface area contributed by atoms with E-state index in [1.165, 1.54) is 38.0 Å². The third-order valence-electron chi connectivity index (χ3n) is 4.64. The molecule has 1 aromatic rings. The molecule has 0 amide bonds. The van der Waals surface area contributed by atoms with Gasteiger partial charge in [0, 0.05) is 25.2 Å². The fourth-order valence-corrected chi connectivity index (χ4v) is 3.68. The average Bonchev–Trinajstić information content (AvgIpc) is 2.87. The molecule has 3 unspecified atom stereocenters. The van der Waals surface area contributed by atoms with Gasteiger partial charge in [-0.15, -0.1) is 0 Å². The predicted molar refractivity (Wildman–Crippen MR) is 90.6 cm³/mol. The van der Waals surface area contributed by atoms with Gasteiger partial charge < -0.3 is 10.2 Å². The molecule has 0 aromatic heterocycles. The van der Waals surface area contributed by atoms with Gasteiger partial charge >= 0.3 is 0 Å². The van der Waals surface area contributed by atoms with Crippen LogP contribution in [0.4, 0.5) is 0 Å². The summed E-state index contributed by atoms with van der Waals surface area (Å²) in [4.78, 5) is 5.01. The molecule has 1 aliphatic heterocycles. The summed E-state index contributed by atoms with van der Waals surface area (Å²) >= 11 is 0. The third kappa shape index (κ3) is 4.53. The topological polar surface area (TPSA) is 18.5 Å². The van der Waals surface area contributed by atoms with Crippen molar-refractivity contribution in [3.8, 4) is 0 Å². The molecule has 3 heteroatoms. The molecule has 1 N–H and O–H groups in total. The van der Waals surface area contributed by atoms with Crippen molar-refractivity contribution in [3.63, 3.8) is 0 Å². The number of benzene rings is 1. The van der Waals surface area contributed by atoms with Gasteiger partial charge in [-0.1, -0.05) is 37.3 Å². The largest absolute Gasteiger partial charge is 0.313 e. The summed E-state index contributed by atoms with van der Waals surface area (Å²) < 4.78 is 0. The van der Waals surface area contributed by atoms with Crippen molar-refractivity contribution in [1.82, 2.24) is 15.1 Å². The molecule has 1 saturated heterocycles. The number of nitrogens with one attached hydrogen (secondary N) is 1. The molecule has 1 aromatic carbocycles. The van der Waals surface area contributed by atoms with Gasteiger partial charge in [-0.3, -0.25) is 4.90 Å². The number of hydrogen-bond acceptors (Lipinski definition) is 3. The Morgan fingerprint density at radius 1 is 1.29 bits per heavy atom. The SMILES string of the molecule is CNC(c1ccccc1)C(C)CN1CCCC1CN(C)C. The Labute approximate surface area is 130 Å². The Morgan fingerprint density at radius 3 is 2.62 bits per heavy atom. The van der Waals surface area contributed by atoms with Crippen LogP contribution in [0.1, 0.15) is 31.4 Å². The zero-order valence-corrected chi connectivity index (χ0v) is 14.0. The minimum atomic E-state index is 0.437. The summed E-state index contributed by atoms with van der Waals surface area (Å²) in [5.41, 5.74) is 1.40. The number of rotatable bonds is 7. The second kappa shape index (κ2) is 7.92. The number of likely N-dealkylation sites (N-methyl/N-ethyl adjacent to an activating group) is 1. The summed E-state index contributed by atoms with van der Waals surface area (Å²) in [5.74, 6) is 0.611. The lowest BCUT2D eigenvalue weighted by Crippen LogP contribution is -2.41. The summed E-state index contributed by atoms with van der Waals surface area (Å²) in [6, 6.07) is 12.0.